The zero-order valence-corrected chi connectivity index (χ0v) is 26.6. The van der Waals surface area contributed by atoms with Gasteiger partial charge in [-0.05, 0) is 109 Å². The number of hydrogen-bond donors (Lipinski definition) is 0. The van der Waals surface area contributed by atoms with Crippen molar-refractivity contribution in [1.29, 1.82) is 0 Å². The molecule has 0 radical (unpaired) electrons. The Morgan fingerprint density at radius 3 is 0.650 bits per heavy atom. The highest BCUT2D eigenvalue weighted by molar-refractivity contribution is 6.38. The highest BCUT2D eigenvalue weighted by atomic mass is 14.4. The molecule has 0 fully saturated rings. The summed E-state index contributed by atoms with van der Waals surface area (Å²) in [5, 5.41) is 11.4. The van der Waals surface area contributed by atoms with Crippen LogP contribution in [0.5, 0.6) is 0 Å². The molecule has 0 spiro atoms. The number of hydrogen-bond acceptors (Lipinski definition) is 0. The monoisotopic (exact) mass is 524 g/mol. The molecule has 40 heavy (non-hydrogen) atoms. The molecule has 0 unspecified atom stereocenters. The van der Waals surface area contributed by atoms with Gasteiger partial charge in [0.1, 0.15) is 0 Å². The Kier molecular flexibility index (Phi) is 4.77. The molecule has 0 aliphatic heterocycles. The van der Waals surface area contributed by atoms with E-state index in [4.69, 9.17) is 0 Å². The van der Waals surface area contributed by atoms with Crippen molar-refractivity contribution < 1.29 is 0 Å². The second kappa shape index (κ2) is 7.39. The van der Waals surface area contributed by atoms with Gasteiger partial charge in [-0.15, -0.1) is 0 Å². The SMILES string of the molecule is CC(C)(C)C1=C(C(C)(C)C)c2ccc3c4ccc5c6c(ccc(c7ccc1c2c73)c64)C(C(C)(C)C)=C5C(C)(C)C. The first-order valence-corrected chi connectivity index (χ1v) is 15.1. The van der Waals surface area contributed by atoms with Gasteiger partial charge in [0.2, 0.25) is 0 Å². The number of rotatable bonds is 0. The Bertz CT molecular complexity index is 1710. The summed E-state index contributed by atoms with van der Waals surface area (Å²) in [4.78, 5) is 0. The smallest absolute Gasteiger partial charge is 0.00141 e. The van der Waals surface area contributed by atoms with Crippen LogP contribution in [0, 0.1) is 21.7 Å². The van der Waals surface area contributed by atoms with E-state index < -0.39 is 0 Å². The van der Waals surface area contributed by atoms with Crippen LogP contribution in [-0.2, 0) is 0 Å². The minimum absolute atomic E-state index is 0.0687. The number of fused-ring (bicyclic) bond motifs is 2. The van der Waals surface area contributed by atoms with Crippen LogP contribution in [0.4, 0.5) is 0 Å². The largest absolute Gasteiger partial charge is 0.0560 e. The Morgan fingerprint density at radius 2 is 0.475 bits per heavy atom. The Morgan fingerprint density at radius 1 is 0.275 bits per heavy atom. The van der Waals surface area contributed by atoms with E-state index in [2.05, 4.69) is 132 Å². The lowest BCUT2D eigenvalue weighted by molar-refractivity contribution is 0.537. The summed E-state index contributed by atoms with van der Waals surface area (Å²) in [6, 6.07) is 19.5. The first-order valence-electron chi connectivity index (χ1n) is 15.1. The first kappa shape index (κ1) is 25.8. The molecule has 0 bridgehead atoms. The van der Waals surface area contributed by atoms with Gasteiger partial charge in [-0.3, -0.25) is 0 Å². The molecule has 204 valence electrons. The van der Waals surface area contributed by atoms with Crippen LogP contribution in [-0.4, -0.2) is 0 Å². The van der Waals surface area contributed by atoms with Crippen LogP contribution < -0.4 is 0 Å². The summed E-state index contributed by atoms with van der Waals surface area (Å²) in [5.41, 5.74) is 12.1. The van der Waals surface area contributed by atoms with Crippen molar-refractivity contribution in [1.82, 2.24) is 0 Å². The molecular weight excluding hydrogens is 480 g/mol. The van der Waals surface area contributed by atoms with E-state index in [0.29, 0.717) is 0 Å². The van der Waals surface area contributed by atoms with Crippen molar-refractivity contribution in [2.45, 2.75) is 83.1 Å². The molecule has 0 saturated heterocycles. The van der Waals surface area contributed by atoms with Crippen molar-refractivity contribution in [2.24, 2.45) is 21.7 Å². The van der Waals surface area contributed by atoms with Crippen LogP contribution >= 0.6 is 0 Å². The Hall–Kier alpha value is -3.12. The number of benzene rings is 5. The normalized spacial score (nSPS) is 16.3. The molecule has 0 amide bonds. The summed E-state index contributed by atoms with van der Waals surface area (Å²) < 4.78 is 0. The summed E-state index contributed by atoms with van der Waals surface area (Å²) in [7, 11) is 0. The standard InChI is InChI=1S/C40H44/c1-37(2,3)33-25-17-13-21-23-15-19-27-32-28(36(40(10,11)12)35(27)39(7,8)9)20-16-24(30(23)32)22-14-18-26(31(25)29(21)22)34(33)38(4,5)6/h13-20H,1-12H3. The molecule has 0 aromatic heterocycles. The molecule has 0 N–H and O–H groups in total. The van der Waals surface area contributed by atoms with E-state index in [9.17, 15) is 0 Å². The van der Waals surface area contributed by atoms with E-state index in [-0.39, 0.29) is 21.7 Å². The van der Waals surface area contributed by atoms with Crippen molar-refractivity contribution in [3.63, 3.8) is 0 Å². The lowest BCUT2D eigenvalue weighted by Crippen LogP contribution is -2.15. The first-order chi connectivity index (χ1) is 18.4. The van der Waals surface area contributed by atoms with E-state index in [1.807, 2.05) is 0 Å². The molecule has 2 aliphatic carbocycles. The molecule has 7 rings (SSSR count). The van der Waals surface area contributed by atoms with E-state index in [0.717, 1.165) is 0 Å². The molecule has 0 heterocycles. The zero-order chi connectivity index (χ0) is 28.9. The lowest BCUT2D eigenvalue weighted by atomic mass is 9.74. The van der Waals surface area contributed by atoms with Crippen LogP contribution in [0.1, 0.15) is 105 Å². The van der Waals surface area contributed by atoms with Gasteiger partial charge in [0.05, 0.1) is 0 Å². The van der Waals surface area contributed by atoms with Gasteiger partial charge in [0.15, 0.2) is 0 Å². The molecule has 0 heteroatoms. The van der Waals surface area contributed by atoms with E-state index in [1.165, 1.54) is 87.6 Å². The highest BCUT2D eigenvalue weighted by Gasteiger charge is 2.39. The van der Waals surface area contributed by atoms with Gasteiger partial charge < -0.3 is 0 Å². The molecular formula is C40H44. The predicted octanol–water partition coefficient (Wildman–Crippen LogP) is 12.4. The second-order valence-corrected chi connectivity index (χ2v) is 16.6. The van der Waals surface area contributed by atoms with Gasteiger partial charge in [0, 0.05) is 0 Å². The van der Waals surface area contributed by atoms with E-state index >= 15 is 0 Å². The topological polar surface area (TPSA) is 0 Å². The number of allylic oxidation sites excluding steroid dienone is 4. The fourth-order valence-electron chi connectivity index (χ4n) is 8.38. The zero-order valence-electron chi connectivity index (χ0n) is 26.6. The third kappa shape index (κ3) is 3.14. The fraction of sp³-hybridized carbons (Fsp3) is 0.400. The Balaban J connectivity index is 1.66. The minimum Gasteiger partial charge on any atom is -0.0560 e. The van der Waals surface area contributed by atoms with Crippen LogP contribution in [0.2, 0.25) is 0 Å². The van der Waals surface area contributed by atoms with Gasteiger partial charge in [-0.2, -0.15) is 0 Å². The average molecular weight is 525 g/mol. The molecule has 0 atom stereocenters. The Labute approximate surface area is 240 Å². The summed E-state index contributed by atoms with van der Waals surface area (Å²) in [6.45, 7) is 28.6. The third-order valence-corrected chi connectivity index (χ3v) is 9.48. The maximum atomic E-state index is 2.44. The molecule has 5 aromatic rings. The van der Waals surface area contributed by atoms with Gasteiger partial charge in [0.25, 0.3) is 0 Å². The third-order valence-electron chi connectivity index (χ3n) is 9.48. The molecule has 2 aliphatic rings. The summed E-state index contributed by atoms with van der Waals surface area (Å²) >= 11 is 0. The summed E-state index contributed by atoms with van der Waals surface area (Å²) in [5.74, 6) is 0. The van der Waals surface area contributed by atoms with Gasteiger partial charge in [-0.25, -0.2) is 0 Å². The van der Waals surface area contributed by atoms with Crippen LogP contribution in [0.15, 0.2) is 48.5 Å². The molecule has 0 saturated carbocycles. The maximum absolute atomic E-state index is 2.44. The quantitative estimate of drug-likeness (QED) is 0.140. The lowest BCUT2D eigenvalue weighted by Gasteiger charge is -2.30. The van der Waals surface area contributed by atoms with Crippen LogP contribution in [0.3, 0.4) is 0 Å². The fourth-order valence-corrected chi connectivity index (χ4v) is 8.38. The predicted molar refractivity (Wildman–Crippen MR) is 179 cm³/mol. The highest BCUT2D eigenvalue weighted by Crippen LogP contribution is 2.60. The average Bonchev–Trinajstić information content (AvgIpc) is 3.36. The van der Waals surface area contributed by atoms with Crippen molar-refractivity contribution in [2.75, 3.05) is 0 Å². The van der Waals surface area contributed by atoms with Gasteiger partial charge in [-0.1, -0.05) is 132 Å². The molecule has 0 nitrogen and oxygen atoms in total. The van der Waals surface area contributed by atoms with Crippen molar-refractivity contribution >= 4 is 65.4 Å². The maximum Gasteiger partial charge on any atom is -0.00141 e. The second-order valence-electron chi connectivity index (χ2n) is 16.6. The van der Waals surface area contributed by atoms with Crippen molar-refractivity contribution in [3.05, 3.63) is 70.8 Å². The van der Waals surface area contributed by atoms with Gasteiger partial charge >= 0.3 is 0 Å². The molecule has 5 aromatic carbocycles. The van der Waals surface area contributed by atoms with Crippen LogP contribution in [0.25, 0.3) is 65.4 Å². The van der Waals surface area contributed by atoms with Crippen molar-refractivity contribution in [3.8, 4) is 0 Å². The minimum atomic E-state index is 0.0687. The van der Waals surface area contributed by atoms with E-state index in [1.54, 1.807) is 0 Å². The summed E-state index contributed by atoms with van der Waals surface area (Å²) in [6.07, 6.45) is 0.